The first-order valence-electron chi connectivity index (χ1n) is 6.28. The molecule has 0 spiro atoms. The molecule has 0 unspecified atom stereocenters. The van der Waals surface area contributed by atoms with E-state index in [4.69, 9.17) is 4.74 Å². The molecule has 0 radical (unpaired) electrons. The van der Waals surface area contributed by atoms with Crippen molar-refractivity contribution in [3.63, 3.8) is 0 Å². The van der Waals surface area contributed by atoms with Gasteiger partial charge in [0, 0.05) is 19.2 Å². The highest BCUT2D eigenvalue weighted by Crippen LogP contribution is 2.13. The van der Waals surface area contributed by atoms with E-state index < -0.39 is 0 Å². The number of nitrogens with one attached hydrogen (secondary N) is 1. The number of ether oxygens (including phenoxy) is 1. The van der Waals surface area contributed by atoms with E-state index in [1.807, 2.05) is 30.3 Å². The van der Waals surface area contributed by atoms with Crippen molar-refractivity contribution >= 4 is 5.91 Å². The van der Waals surface area contributed by atoms with Gasteiger partial charge in [0.1, 0.15) is 0 Å². The number of hydrogen-bond donors (Lipinski definition) is 1. The van der Waals surface area contributed by atoms with Crippen LogP contribution < -0.4 is 5.32 Å². The summed E-state index contributed by atoms with van der Waals surface area (Å²) < 4.78 is 5.45. The van der Waals surface area contributed by atoms with Gasteiger partial charge in [-0.1, -0.05) is 18.2 Å². The van der Waals surface area contributed by atoms with Crippen LogP contribution in [0.5, 0.6) is 0 Å². The fraction of sp³-hybridized carbons (Fsp3) is 0.500. The Balaban J connectivity index is 1.98. The summed E-state index contributed by atoms with van der Waals surface area (Å²) in [6.45, 7) is 1.84. The fourth-order valence-electron chi connectivity index (χ4n) is 2.32. The summed E-state index contributed by atoms with van der Waals surface area (Å²) in [6, 6.07) is 9.40. The van der Waals surface area contributed by atoms with Crippen LogP contribution in [-0.2, 0) is 4.74 Å². The predicted octanol–water partition coefficient (Wildman–Crippen LogP) is 1.14. The van der Waals surface area contributed by atoms with Gasteiger partial charge in [0.05, 0.1) is 12.1 Å². The standard InChI is InChI=1S/C14H20N2O2/c1-16-9-8-12(13(10-16)18-2)15-14(17)11-6-4-3-5-7-11/h3-7,12-13H,8-10H2,1-2H3,(H,15,17)/t12-,13-/m0/s1. The lowest BCUT2D eigenvalue weighted by Gasteiger charge is -2.36. The second-order valence-corrected chi connectivity index (χ2v) is 4.77. The molecule has 1 heterocycles. The fourth-order valence-corrected chi connectivity index (χ4v) is 2.32. The Hall–Kier alpha value is -1.39. The van der Waals surface area contributed by atoms with E-state index in [1.165, 1.54) is 0 Å². The Morgan fingerprint density at radius 1 is 1.39 bits per heavy atom. The Morgan fingerprint density at radius 2 is 2.11 bits per heavy atom. The molecule has 1 aromatic carbocycles. The number of hydrogen-bond acceptors (Lipinski definition) is 3. The minimum Gasteiger partial charge on any atom is -0.378 e. The number of carbonyl (C=O) groups excluding carboxylic acids is 1. The third-order valence-corrected chi connectivity index (χ3v) is 3.42. The van der Waals surface area contributed by atoms with Crippen LogP contribution >= 0.6 is 0 Å². The van der Waals surface area contributed by atoms with Crippen LogP contribution in [0.25, 0.3) is 0 Å². The molecule has 1 fully saturated rings. The van der Waals surface area contributed by atoms with E-state index in [-0.39, 0.29) is 18.1 Å². The lowest BCUT2D eigenvalue weighted by Crippen LogP contribution is -2.53. The van der Waals surface area contributed by atoms with Gasteiger partial charge < -0.3 is 15.0 Å². The molecule has 4 heteroatoms. The lowest BCUT2D eigenvalue weighted by atomic mass is 10.0. The van der Waals surface area contributed by atoms with E-state index in [1.54, 1.807) is 7.11 Å². The monoisotopic (exact) mass is 248 g/mol. The summed E-state index contributed by atoms with van der Waals surface area (Å²) in [7, 11) is 3.77. The van der Waals surface area contributed by atoms with Crippen molar-refractivity contribution in [2.75, 3.05) is 27.2 Å². The first-order chi connectivity index (χ1) is 8.70. The van der Waals surface area contributed by atoms with Gasteiger partial charge >= 0.3 is 0 Å². The van der Waals surface area contributed by atoms with Crippen LogP contribution in [-0.4, -0.2) is 50.2 Å². The van der Waals surface area contributed by atoms with Crippen LogP contribution in [0.4, 0.5) is 0 Å². The lowest BCUT2D eigenvalue weighted by molar-refractivity contribution is 0.0142. The number of methoxy groups -OCH3 is 1. The number of likely N-dealkylation sites (N-methyl/N-ethyl adjacent to an activating group) is 1. The second-order valence-electron chi connectivity index (χ2n) is 4.77. The molecule has 1 aromatic rings. The van der Waals surface area contributed by atoms with E-state index in [0.29, 0.717) is 5.56 Å². The highest BCUT2D eigenvalue weighted by atomic mass is 16.5. The van der Waals surface area contributed by atoms with Gasteiger partial charge in [0.25, 0.3) is 5.91 Å². The Labute approximate surface area is 108 Å². The number of carbonyl (C=O) groups is 1. The average Bonchev–Trinajstić information content (AvgIpc) is 2.41. The minimum atomic E-state index is -0.0211. The second kappa shape index (κ2) is 5.98. The van der Waals surface area contributed by atoms with Gasteiger partial charge in [0.15, 0.2) is 0 Å². The molecule has 1 amide bonds. The van der Waals surface area contributed by atoms with Crippen molar-refractivity contribution in [3.8, 4) is 0 Å². The van der Waals surface area contributed by atoms with Gasteiger partial charge in [-0.15, -0.1) is 0 Å². The Kier molecular flexibility index (Phi) is 4.33. The van der Waals surface area contributed by atoms with Crippen molar-refractivity contribution in [1.82, 2.24) is 10.2 Å². The summed E-state index contributed by atoms with van der Waals surface area (Å²) in [6.07, 6.45) is 0.990. The molecule has 4 nitrogen and oxygen atoms in total. The molecule has 98 valence electrons. The summed E-state index contributed by atoms with van der Waals surface area (Å²) in [5.74, 6) is -0.0211. The molecular weight excluding hydrogens is 228 g/mol. The highest BCUT2D eigenvalue weighted by molar-refractivity contribution is 5.94. The van der Waals surface area contributed by atoms with Gasteiger partial charge in [-0.05, 0) is 32.1 Å². The molecule has 1 aliphatic rings. The first-order valence-corrected chi connectivity index (χ1v) is 6.28. The van der Waals surface area contributed by atoms with E-state index in [2.05, 4.69) is 17.3 Å². The maximum atomic E-state index is 12.1. The van der Waals surface area contributed by atoms with Crippen molar-refractivity contribution in [2.45, 2.75) is 18.6 Å². The molecule has 1 N–H and O–H groups in total. The maximum Gasteiger partial charge on any atom is 0.251 e. The third kappa shape index (κ3) is 3.09. The molecule has 0 aromatic heterocycles. The van der Waals surface area contributed by atoms with Crippen LogP contribution in [0.1, 0.15) is 16.8 Å². The maximum absolute atomic E-state index is 12.1. The molecule has 0 bridgehead atoms. The van der Waals surface area contributed by atoms with Crippen molar-refractivity contribution in [1.29, 1.82) is 0 Å². The zero-order valence-corrected chi connectivity index (χ0v) is 10.9. The summed E-state index contributed by atoms with van der Waals surface area (Å²) in [5, 5.41) is 3.07. The number of benzene rings is 1. The molecular formula is C14H20N2O2. The molecule has 0 saturated carbocycles. The summed E-state index contributed by atoms with van der Waals surface area (Å²) in [4.78, 5) is 14.3. The number of amides is 1. The Bertz CT molecular complexity index is 394. The van der Waals surface area contributed by atoms with Crippen molar-refractivity contribution < 1.29 is 9.53 Å². The predicted molar refractivity (Wildman–Crippen MR) is 70.6 cm³/mol. The van der Waals surface area contributed by atoms with Crippen molar-refractivity contribution in [2.24, 2.45) is 0 Å². The van der Waals surface area contributed by atoms with E-state index in [9.17, 15) is 4.79 Å². The highest BCUT2D eigenvalue weighted by Gasteiger charge is 2.28. The molecule has 18 heavy (non-hydrogen) atoms. The largest absolute Gasteiger partial charge is 0.378 e. The first kappa shape index (κ1) is 13.1. The third-order valence-electron chi connectivity index (χ3n) is 3.42. The SMILES string of the molecule is CO[C@H]1CN(C)CC[C@@H]1NC(=O)c1ccccc1. The molecule has 2 rings (SSSR count). The van der Waals surface area contributed by atoms with Gasteiger partial charge in [-0.25, -0.2) is 0 Å². The molecule has 1 aliphatic heterocycles. The van der Waals surface area contributed by atoms with Crippen LogP contribution in [0.3, 0.4) is 0 Å². The summed E-state index contributed by atoms with van der Waals surface area (Å²) >= 11 is 0. The van der Waals surface area contributed by atoms with Crippen LogP contribution in [0, 0.1) is 0 Å². The van der Waals surface area contributed by atoms with Crippen LogP contribution in [0.2, 0.25) is 0 Å². The normalized spacial score (nSPS) is 24.8. The topological polar surface area (TPSA) is 41.6 Å². The minimum absolute atomic E-state index is 0.0211. The molecule has 1 saturated heterocycles. The Morgan fingerprint density at radius 3 is 2.78 bits per heavy atom. The smallest absolute Gasteiger partial charge is 0.251 e. The van der Waals surface area contributed by atoms with Gasteiger partial charge in [-0.3, -0.25) is 4.79 Å². The average molecular weight is 248 g/mol. The van der Waals surface area contributed by atoms with Crippen LogP contribution in [0.15, 0.2) is 30.3 Å². The molecule has 0 aliphatic carbocycles. The number of nitrogens with zero attached hydrogens (tertiary/aromatic N) is 1. The van der Waals surface area contributed by atoms with Gasteiger partial charge in [0.2, 0.25) is 0 Å². The van der Waals surface area contributed by atoms with E-state index >= 15 is 0 Å². The summed E-state index contributed by atoms with van der Waals surface area (Å²) in [5.41, 5.74) is 0.700. The van der Waals surface area contributed by atoms with Crippen molar-refractivity contribution in [3.05, 3.63) is 35.9 Å². The van der Waals surface area contributed by atoms with E-state index in [0.717, 1.165) is 19.5 Å². The number of rotatable bonds is 3. The number of piperidine rings is 1. The molecule has 2 atom stereocenters. The zero-order chi connectivity index (χ0) is 13.0. The zero-order valence-electron chi connectivity index (χ0n) is 10.9. The quantitative estimate of drug-likeness (QED) is 0.872. The number of likely N-dealkylation sites (tertiary alicyclic amines) is 1. The van der Waals surface area contributed by atoms with Gasteiger partial charge in [-0.2, -0.15) is 0 Å².